The molecule has 1 N–H and O–H groups in total. The second kappa shape index (κ2) is 6.14. The van der Waals surface area contributed by atoms with E-state index in [-0.39, 0.29) is 5.92 Å². The molecule has 3 heteroatoms. The minimum absolute atomic E-state index is 0.335. The molecule has 3 nitrogen and oxygen atoms in total. The number of ether oxygens (including phenoxy) is 1. The number of hydrogen-bond donors (Lipinski definition) is 1. The molecule has 0 aliphatic heterocycles. The summed E-state index contributed by atoms with van der Waals surface area (Å²) >= 11 is 0. The van der Waals surface area contributed by atoms with Crippen LogP contribution in [0.5, 0.6) is 5.75 Å². The molecule has 0 amide bonds. The molecule has 86 valence electrons. The average molecular weight is 219 g/mol. The Morgan fingerprint density at radius 2 is 2.00 bits per heavy atom. The molecule has 0 fully saturated rings. The first-order chi connectivity index (χ1) is 7.72. The average Bonchev–Trinajstić information content (AvgIpc) is 2.35. The number of benzene rings is 1. The van der Waals surface area contributed by atoms with Crippen molar-refractivity contribution in [1.82, 2.24) is 0 Å². The van der Waals surface area contributed by atoms with Crippen molar-refractivity contribution >= 4 is 0 Å². The van der Waals surface area contributed by atoms with Gasteiger partial charge in [0.15, 0.2) is 0 Å². The summed E-state index contributed by atoms with van der Waals surface area (Å²) < 4.78 is 5.04. The summed E-state index contributed by atoms with van der Waals surface area (Å²) in [7, 11) is 1.60. The van der Waals surface area contributed by atoms with Crippen molar-refractivity contribution < 1.29 is 9.84 Å². The summed E-state index contributed by atoms with van der Waals surface area (Å²) in [5.41, 5.74) is 0.765. The molecule has 1 aromatic carbocycles. The van der Waals surface area contributed by atoms with Gasteiger partial charge in [-0.3, -0.25) is 0 Å². The number of nitriles is 1. The molecule has 16 heavy (non-hydrogen) atoms. The third-order valence-electron chi connectivity index (χ3n) is 2.60. The maximum Gasteiger partial charge on any atom is 0.118 e. The Kier molecular flexibility index (Phi) is 4.81. The van der Waals surface area contributed by atoms with Crippen molar-refractivity contribution in [2.24, 2.45) is 5.92 Å². The van der Waals surface area contributed by atoms with Gasteiger partial charge in [-0.25, -0.2) is 0 Å². The largest absolute Gasteiger partial charge is 0.497 e. The van der Waals surface area contributed by atoms with Crippen LogP contribution in [0.25, 0.3) is 0 Å². The van der Waals surface area contributed by atoms with Gasteiger partial charge >= 0.3 is 0 Å². The van der Waals surface area contributed by atoms with Crippen LogP contribution in [0.2, 0.25) is 0 Å². The fraction of sp³-hybridized carbons (Fsp3) is 0.462. The maximum atomic E-state index is 10.0. The molecule has 0 radical (unpaired) electrons. The molecule has 1 rings (SSSR count). The van der Waals surface area contributed by atoms with Crippen LogP contribution in [0.4, 0.5) is 0 Å². The maximum absolute atomic E-state index is 10.0. The molecule has 0 heterocycles. The molecule has 0 bridgehead atoms. The lowest BCUT2D eigenvalue weighted by atomic mass is 9.93. The Labute approximate surface area is 96.3 Å². The van der Waals surface area contributed by atoms with Crippen LogP contribution in [-0.2, 0) is 0 Å². The molecular formula is C13H17NO2. The SMILES string of the molecule is CCCC(C#N)C(O)c1ccc(OC)cc1. The summed E-state index contributed by atoms with van der Waals surface area (Å²) in [4.78, 5) is 0. The van der Waals surface area contributed by atoms with E-state index in [4.69, 9.17) is 10.00 Å². The highest BCUT2D eigenvalue weighted by atomic mass is 16.5. The Morgan fingerprint density at radius 1 is 1.38 bits per heavy atom. The van der Waals surface area contributed by atoms with Crippen LogP contribution >= 0.6 is 0 Å². The predicted molar refractivity (Wildman–Crippen MR) is 62.0 cm³/mol. The van der Waals surface area contributed by atoms with Gasteiger partial charge in [0.2, 0.25) is 0 Å². The highest BCUT2D eigenvalue weighted by molar-refractivity contribution is 5.29. The van der Waals surface area contributed by atoms with Crippen molar-refractivity contribution in [2.75, 3.05) is 7.11 Å². The van der Waals surface area contributed by atoms with Crippen LogP contribution in [0.1, 0.15) is 31.4 Å². The lowest BCUT2D eigenvalue weighted by molar-refractivity contribution is 0.130. The summed E-state index contributed by atoms with van der Waals surface area (Å²) in [5, 5.41) is 19.0. The second-order valence-electron chi connectivity index (χ2n) is 3.74. The van der Waals surface area contributed by atoms with E-state index in [1.807, 2.05) is 6.92 Å². The Hall–Kier alpha value is -1.53. The normalized spacial score (nSPS) is 13.9. The van der Waals surface area contributed by atoms with Crippen molar-refractivity contribution in [3.8, 4) is 11.8 Å². The van der Waals surface area contributed by atoms with Crippen molar-refractivity contribution in [3.63, 3.8) is 0 Å². The first kappa shape index (κ1) is 12.5. The number of aliphatic hydroxyl groups is 1. The van der Waals surface area contributed by atoms with Crippen molar-refractivity contribution in [3.05, 3.63) is 29.8 Å². The zero-order valence-electron chi connectivity index (χ0n) is 9.68. The van der Waals surface area contributed by atoms with E-state index in [1.165, 1.54) is 0 Å². The van der Waals surface area contributed by atoms with Crippen LogP contribution < -0.4 is 4.74 Å². The van der Waals surface area contributed by atoms with Gasteiger partial charge in [0, 0.05) is 0 Å². The van der Waals surface area contributed by atoms with Gasteiger partial charge in [-0.05, 0) is 24.1 Å². The van der Waals surface area contributed by atoms with Gasteiger partial charge < -0.3 is 9.84 Å². The quantitative estimate of drug-likeness (QED) is 0.828. The molecule has 1 aromatic rings. The topological polar surface area (TPSA) is 53.2 Å². The smallest absolute Gasteiger partial charge is 0.118 e. The van der Waals surface area contributed by atoms with Crippen LogP contribution in [0, 0.1) is 17.2 Å². The molecule has 0 saturated carbocycles. The number of nitrogens with zero attached hydrogens (tertiary/aromatic N) is 1. The fourth-order valence-corrected chi connectivity index (χ4v) is 1.64. The number of rotatable bonds is 5. The van der Waals surface area contributed by atoms with E-state index < -0.39 is 6.10 Å². The summed E-state index contributed by atoms with van der Waals surface area (Å²) in [6, 6.07) is 9.32. The first-order valence-corrected chi connectivity index (χ1v) is 5.44. The Bertz CT molecular complexity index is 353. The summed E-state index contributed by atoms with van der Waals surface area (Å²) in [6.45, 7) is 2.01. The molecule has 0 saturated heterocycles. The van der Waals surface area contributed by atoms with Crippen molar-refractivity contribution in [1.29, 1.82) is 5.26 Å². The van der Waals surface area contributed by atoms with E-state index in [9.17, 15) is 5.11 Å². The Balaban J connectivity index is 2.78. The highest BCUT2D eigenvalue weighted by Crippen LogP contribution is 2.26. The molecule has 2 unspecified atom stereocenters. The monoisotopic (exact) mass is 219 g/mol. The van der Waals surface area contributed by atoms with E-state index in [1.54, 1.807) is 31.4 Å². The van der Waals surface area contributed by atoms with Gasteiger partial charge in [0.25, 0.3) is 0 Å². The van der Waals surface area contributed by atoms with Gasteiger partial charge in [0.1, 0.15) is 5.75 Å². The van der Waals surface area contributed by atoms with E-state index >= 15 is 0 Å². The van der Waals surface area contributed by atoms with Gasteiger partial charge in [0.05, 0.1) is 25.2 Å². The van der Waals surface area contributed by atoms with E-state index in [0.29, 0.717) is 6.42 Å². The zero-order valence-corrected chi connectivity index (χ0v) is 9.68. The minimum atomic E-state index is -0.712. The highest BCUT2D eigenvalue weighted by Gasteiger charge is 2.19. The van der Waals surface area contributed by atoms with Gasteiger partial charge in [-0.2, -0.15) is 5.26 Å². The zero-order chi connectivity index (χ0) is 12.0. The predicted octanol–water partition coefficient (Wildman–Crippen LogP) is 2.67. The second-order valence-corrected chi connectivity index (χ2v) is 3.74. The van der Waals surface area contributed by atoms with E-state index in [2.05, 4.69) is 6.07 Å². The van der Waals surface area contributed by atoms with Gasteiger partial charge in [-0.15, -0.1) is 0 Å². The van der Waals surface area contributed by atoms with Crippen LogP contribution in [0.3, 0.4) is 0 Å². The third kappa shape index (κ3) is 2.98. The number of aliphatic hydroxyl groups excluding tert-OH is 1. The fourth-order valence-electron chi connectivity index (χ4n) is 1.64. The number of hydrogen-bond acceptors (Lipinski definition) is 3. The lowest BCUT2D eigenvalue weighted by Gasteiger charge is -2.16. The number of methoxy groups -OCH3 is 1. The van der Waals surface area contributed by atoms with Crippen LogP contribution in [-0.4, -0.2) is 12.2 Å². The third-order valence-corrected chi connectivity index (χ3v) is 2.60. The summed E-state index contributed by atoms with van der Waals surface area (Å²) in [5.74, 6) is 0.415. The summed E-state index contributed by atoms with van der Waals surface area (Å²) in [6.07, 6.45) is 0.894. The molecule has 2 atom stereocenters. The standard InChI is InChI=1S/C13H17NO2/c1-3-4-11(9-14)13(15)10-5-7-12(16-2)8-6-10/h5-8,11,13,15H,3-4H2,1-2H3. The Morgan fingerprint density at radius 3 is 2.44 bits per heavy atom. The molecular weight excluding hydrogens is 202 g/mol. The molecule has 0 aromatic heterocycles. The van der Waals surface area contributed by atoms with Crippen molar-refractivity contribution in [2.45, 2.75) is 25.9 Å². The molecule has 0 spiro atoms. The minimum Gasteiger partial charge on any atom is -0.497 e. The lowest BCUT2D eigenvalue weighted by Crippen LogP contribution is -2.10. The van der Waals surface area contributed by atoms with Crippen LogP contribution in [0.15, 0.2) is 24.3 Å². The first-order valence-electron chi connectivity index (χ1n) is 5.44. The van der Waals surface area contributed by atoms with Gasteiger partial charge in [-0.1, -0.05) is 25.5 Å². The molecule has 0 aliphatic rings. The molecule has 0 aliphatic carbocycles. The van der Waals surface area contributed by atoms with E-state index in [0.717, 1.165) is 17.7 Å².